The van der Waals surface area contributed by atoms with Crippen molar-refractivity contribution in [1.82, 2.24) is 9.97 Å². The van der Waals surface area contributed by atoms with Gasteiger partial charge in [-0.05, 0) is 91.2 Å². The number of carbonyl (C=O) groups is 1. The molecule has 1 amide bonds. The Hall–Kier alpha value is -5.24. The van der Waals surface area contributed by atoms with Crippen LogP contribution in [0, 0.1) is 25.5 Å². The number of amides is 1. The van der Waals surface area contributed by atoms with Crippen LogP contribution < -0.4 is 10.6 Å². The lowest BCUT2D eigenvalue weighted by atomic mass is 10.0. The number of pyridine rings is 1. The van der Waals surface area contributed by atoms with Crippen molar-refractivity contribution in [3.63, 3.8) is 0 Å². The van der Waals surface area contributed by atoms with Gasteiger partial charge in [0.1, 0.15) is 18.2 Å². The maximum atomic E-state index is 13.5. The molecule has 0 bridgehead atoms. The van der Waals surface area contributed by atoms with Crippen LogP contribution >= 0.6 is 0 Å². The monoisotopic (exact) mass is 548 g/mol. The van der Waals surface area contributed by atoms with Crippen molar-refractivity contribution >= 4 is 45.0 Å². The van der Waals surface area contributed by atoms with Gasteiger partial charge in [0.15, 0.2) is 0 Å². The highest BCUT2D eigenvalue weighted by Gasteiger charge is 2.14. The standard InChI is InChI=1S/C33H26F2N4O2/c1-19-10-28-31(11-20(19)2)39-30-7-4-3-6-27(30)32(28)37-25-13-21(12-22(14-25)29-8-5-9-36-29)18-41-33(40)38-26-16-23(34)15-24(35)17-26/h3-17,36H,18H2,1-2H3,(H,37,39)(H,38,40). The molecule has 0 spiro atoms. The van der Waals surface area contributed by atoms with E-state index in [4.69, 9.17) is 9.72 Å². The van der Waals surface area contributed by atoms with Gasteiger partial charge in [-0.25, -0.2) is 18.6 Å². The second-order valence-corrected chi connectivity index (χ2v) is 9.94. The number of fused-ring (bicyclic) bond motifs is 2. The first-order chi connectivity index (χ1) is 19.8. The third kappa shape index (κ3) is 5.58. The number of carbonyl (C=O) groups excluding carboxylic acids is 1. The second kappa shape index (κ2) is 10.7. The van der Waals surface area contributed by atoms with Crippen LogP contribution in [0.1, 0.15) is 16.7 Å². The van der Waals surface area contributed by atoms with Crippen LogP contribution in [0.15, 0.2) is 91.1 Å². The predicted molar refractivity (Wildman–Crippen MR) is 158 cm³/mol. The minimum absolute atomic E-state index is 0.0306. The van der Waals surface area contributed by atoms with Crippen molar-refractivity contribution in [2.24, 2.45) is 0 Å². The van der Waals surface area contributed by atoms with Gasteiger partial charge in [-0.2, -0.15) is 0 Å². The molecule has 6 aromatic rings. The van der Waals surface area contributed by atoms with E-state index in [9.17, 15) is 13.6 Å². The topological polar surface area (TPSA) is 79.0 Å². The lowest BCUT2D eigenvalue weighted by molar-refractivity contribution is 0.155. The summed E-state index contributed by atoms with van der Waals surface area (Å²) in [5, 5.41) is 7.97. The molecular weight excluding hydrogens is 522 g/mol. The van der Waals surface area contributed by atoms with Crippen molar-refractivity contribution in [3.8, 4) is 11.3 Å². The predicted octanol–water partition coefficient (Wildman–Crippen LogP) is 8.77. The number of aromatic nitrogens is 2. The highest BCUT2D eigenvalue weighted by molar-refractivity contribution is 6.09. The molecule has 6 rings (SSSR count). The largest absolute Gasteiger partial charge is 0.444 e. The number of aryl methyl sites for hydroxylation is 2. The van der Waals surface area contributed by atoms with Gasteiger partial charge in [0.25, 0.3) is 0 Å². The number of anilines is 3. The number of nitrogens with zero attached hydrogens (tertiary/aromatic N) is 1. The molecule has 2 heterocycles. The van der Waals surface area contributed by atoms with Crippen molar-refractivity contribution in [3.05, 3.63) is 119 Å². The van der Waals surface area contributed by atoms with E-state index >= 15 is 0 Å². The average molecular weight is 549 g/mol. The van der Waals surface area contributed by atoms with Gasteiger partial charge in [0.2, 0.25) is 0 Å². The third-order valence-electron chi connectivity index (χ3n) is 6.95. The molecule has 0 saturated carbocycles. The SMILES string of the molecule is Cc1cc2nc3ccccc3c(Nc3cc(COC(=O)Nc4cc(F)cc(F)c4)cc(-c4ccc[nH]4)c3)c2cc1C. The molecule has 41 heavy (non-hydrogen) atoms. The zero-order chi connectivity index (χ0) is 28.5. The summed E-state index contributed by atoms with van der Waals surface area (Å²) in [6.07, 6.45) is 1.01. The lowest BCUT2D eigenvalue weighted by Crippen LogP contribution is -2.14. The molecular formula is C33H26F2N4O2. The summed E-state index contributed by atoms with van der Waals surface area (Å²) >= 11 is 0. The molecule has 0 saturated heterocycles. The van der Waals surface area contributed by atoms with Gasteiger partial charge in [-0.3, -0.25) is 5.32 Å². The molecule has 2 aromatic heterocycles. The fourth-order valence-electron chi connectivity index (χ4n) is 4.87. The molecule has 0 aliphatic heterocycles. The number of benzene rings is 4. The van der Waals surface area contributed by atoms with E-state index in [0.717, 1.165) is 73.8 Å². The molecule has 6 nitrogen and oxygen atoms in total. The number of para-hydroxylation sites is 1. The molecule has 0 fully saturated rings. The quantitative estimate of drug-likeness (QED) is 0.182. The van der Waals surface area contributed by atoms with E-state index < -0.39 is 17.7 Å². The maximum absolute atomic E-state index is 13.5. The molecule has 0 aliphatic carbocycles. The van der Waals surface area contributed by atoms with Gasteiger partial charge in [0.05, 0.1) is 16.7 Å². The van der Waals surface area contributed by atoms with Gasteiger partial charge < -0.3 is 15.0 Å². The van der Waals surface area contributed by atoms with E-state index in [-0.39, 0.29) is 12.3 Å². The molecule has 0 unspecified atom stereocenters. The summed E-state index contributed by atoms with van der Waals surface area (Å²) in [7, 11) is 0. The first-order valence-electron chi connectivity index (χ1n) is 13.1. The average Bonchev–Trinajstić information content (AvgIpc) is 3.48. The van der Waals surface area contributed by atoms with E-state index in [0.29, 0.717) is 0 Å². The number of halogens is 2. The maximum Gasteiger partial charge on any atom is 0.411 e. The Morgan fingerprint density at radius 2 is 1.61 bits per heavy atom. The number of hydrogen-bond acceptors (Lipinski definition) is 4. The smallest absolute Gasteiger partial charge is 0.411 e. The number of rotatable bonds is 6. The minimum atomic E-state index is -0.827. The fraction of sp³-hybridized carbons (Fsp3) is 0.0909. The number of ether oxygens (including phenoxy) is 1. The first kappa shape index (κ1) is 26.0. The zero-order valence-electron chi connectivity index (χ0n) is 22.4. The summed E-state index contributed by atoms with van der Waals surface area (Å²) in [4.78, 5) is 20.6. The molecule has 4 aromatic carbocycles. The molecule has 8 heteroatoms. The van der Waals surface area contributed by atoms with E-state index in [1.54, 1.807) is 0 Å². The highest BCUT2D eigenvalue weighted by atomic mass is 19.1. The number of H-pyrrole nitrogens is 1. The molecule has 0 radical (unpaired) electrons. The van der Waals surface area contributed by atoms with Crippen molar-refractivity contribution < 1.29 is 18.3 Å². The second-order valence-electron chi connectivity index (χ2n) is 9.94. The fourth-order valence-corrected chi connectivity index (χ4v) is 4.87. The Bertz CT molecular complexity index is 1900. The molecule has 0 aliphatic rings. The van der Waals surface area contributed by atoms with Crippen LogP contribution in [0.5, 0.6) is 0 Å². The van der Waals surface area contributed by atoms with Crippen molar-refractivity contribution in [2.75, 3.05) is 10.6 Å². The summed E-state index contributed by atoms with van der Waals surface area (Å²) < 4.78 is 32.5. The van der Waals surface area contributed by atoms with E-state index in [2.05, 4.69) is 41.6 Å². The van der Waals surface area contributed by atoms with Gasteiger partial charge in [0, 0.05) is 45.7 Å². The van der Waals surface area contributed by atoms with Crippen molar-refractivity contribution in [1.29, 1.82) is 0 Å². The summed E-state index contributed by atoms with van der Waals surface area (Å²) in [6.45, 7) is 4.09. The summed E-state index contributed by atoms with van der Waals surface area (Å²) in [5.41, 5.74) is 8.28. The Balaban J connectivity index is 1.35. The minimum Gasteiger partial charge on any atom is -0.444 e. The Kier molecular flexibility index (Phi) is 6.81. The van der Waals surface area contributed by atoms with Crippen LogP contribution in [0.4, 0.5) is 30.6 Å². The Morgan fingerprint density at radius 3 is 2.39 bits per heavy atom. The van der Waals surface area contributed by atoms with Gasteiger partial charge in [-0.15, -0.1) is 0 Å². The summed E-state index contributed by atoms with van der Waals surface area (Å²) in [5.74, 6) is -1.59. The number of aromatic amines is 1. The summed E-state index contributed by atoms with van der Waals surface area (Å²) in [6, 6.07) is 24.7. The van der Waals surface area contributed by atoms with Crippen LogP contribution in [-0.4, -0.2) is 16.1 Å². The van der Waals surface area contributed by atoms with Gasteiger partial charge >= 0.3 is 6.09 Å². The van der Waals surface area contributed by atoms with Crippen LogP contribution in [0.25, 0.3) is 33.1 Å². The number of hydrogen-bond donors (Lipinski definition) is 3. The van der Waals surface area contributed by atoms with Crippen LogP contribution in [0.2, 0.25) is 0 Å². The van der Waals surface area contributed by atoms with Gasteiger partial charge in [-0.1, -0.05) is 18.2 Å². The first-order valence-corrected chi connectivity index (χ1v) is 13.1. The zero-order valence-corrected chi connectivity index (χ0v) is 22.4. The van der Waals surface area contributed by atoms with Crippen molar-refractivity contribution in [2.45, 2.75) is 20.5 Å². The van der Waals surface area contributed by atoms with E-state index in [1.165, 1.54) is 5.56 Å². The lowest BCUT2D eigenvalue weighted by Gasteiger charge is -2.17. The highest BCUT2D eigenvalue weighted by Crippen LogP contribution is 2.36. The normalized spacial score (nSPS) is 11.1. The molecule has 0 atom stereocenters. The molecule has 204 valence electrons. The van der Waals surface area contributed by atoms with E-state index in [1.807, 2.05) is 60.8 Å². The molecule has 3 N–H and O–H groups in total. The Labute approximate surface area is 235 Å². The van der Waals surface area contributed by atoms with Crippen LogP contribution in [-0.2, 0) is 11.3 Å². The van der Waals surface area contributed by atoms with Crippen LogP contribution in [0.3, 0.4) is 0 Å². The number of nitrogens with one attached hydrogen (secondary N) is 3. The third-order valence-corrected chi connectivity index (χ3v) is 6.95. The Morgan fingerprint density at radius 1 is 0.829 bits per heavy atom.